The maximum atomic E-state index is 11.5. The maximum absolute atomic E-state index is 11.5. The number of nitrogens with zero attached hydrogens (tertiary/aromatic N) is 1. The largest absolute Gasteiger partial charge is 0.459 e. The summed E-state index contributed by atoms with van der Waals surface area (Å²) in [6, 6.07) is 3.40. The molecule has 0 radical (unpaired) electrons. The van der Waals surface area contributed by atoms with Gasteiger partial charge in [0.15, 0.2) is 5.76 Å². The Hall–Kier alpha value is -1.00. The Balaban J connectivity index is 0.00000162. The molecule has 0 saturated carbocycles. The topological polar surface area (TPSA) is 45.5 Å². The minimum Gasteiger partial charge on any atom is -0.459 e. The van der Waals surface area contributed by atoms with E-state index in [0.717, 1.165) is 25.9 Å². The zero-order chi connectivity index (χ0) is 11.9. The molecule has 1 fully saturated rings. The quantitative estimate of drug-likeness (QED) is 0.809. The van der Waals surface area contributed by atoms with Crippen LogP contribution in [0.1, 0.15) is 36.2 Å². The van der Waals surface area contributed by atoms with E-state index in [0.29, 0.717) is 5.76 Å². The Labute approximate surface area is 114 Å². The summed E-state index contributed by atoms with van der Waals surface area (Å²) in [6.45, 7) is 4.39. The Morgan fingerprint density at radius 1 is 1.33 bits per heavy atom. The highest BCUT2D eigenvalue weighted by Gasteiger charge is 2.10. The summed E-state index contributed by atoms with van der Waals surface area (Å²) < 4.78 is 5.01. The van der Waals surface area contributed by atoms with Crippen molar-refractivity contribution < 1.29 is 9.21 Å². The number of furan rings is 1. The highest BCUT2D eigenvalue weighted by atomic mass is 35.5. The summed E-state index contributed by atoms with van der Waals surface area (Å²) >= 11 is 0. The van der Waals surface area contributed by atoms with Gasteiger partial charge in [0.1, 0.15) is 0 Å². The van der Waals surface area contributed by atoms with Crippen LogP contribution in [-0.4, -0.2) is 37.0 Å². The zero-order valence-electron chi connectivity index (χ0n) is 10.6. The van der Waals surface area contributed by atoms with E-state index in [1.54, 1.807) is 12.1 Å². The molecule has 1 aromatic rings. The number of nitrogens with one attached hydrogen (secondary N) is 1. The molecule has 0 bridgehead atoms. The van der Waals surface area contributed by atoms with Crippen LogP contribution in [0.4, 0.5) is 0 Å². The summed E-state index contributed by atoms with van der Waals surface area (Å²) in [7, 11) is 0. The molecule has 0 aliphatic carbocycles. The van der Waals surface area contributed by atoms with E-state index in [4.69, 9.17) is 4.42 Å². The van der Waals surface area contributed by atoms with Gasteiger partial charge in [-0.2, -0.15) is 0 Å². The first-order chi connectivity index (χ1) is 8.36. The van der Waals surface area contributed by atoms with E-state index in [2.05, 4.69) is 10.2 Å². The molecule has 1 N–H and O–H groups in total. The van der Waals surface area contributed by atoms with Crippen LogP contribution in [0.5, 0.6) is 0 Å². The third-order valence-corrected chi connectivity index (χ3v) is 3.13. The van der Waals surface area contributed by atoms with E-state index >= 15 is 0 Å². The third kappa shape index (κ3) is 4.70. The lowest BCUT2D eigenvalue weighted by atomic mass is 10.3. The van der Waals surface area contributed by atoms with Crippen LogP contribution in [-0.2, 0) is 0 Å². The standard InChI is InChI=1S/C13H20N2O2.ClH/c16-13(12-6-5-11-17-12)14-7-1-2-8-15-9-3-4-10-15;/h5-6,11H,1-4,7-10H2,(H,14,16);1H. The van der Waals surface area contributed by atoms with Crippen molar-refractivity contribution in [2.45, 2.75) is 25.7 Å². The fourth-order valence-electron chi connectivity index (χ4n) is 2.16. The molecule has 0 atom stereocenters. The molecule has 1 amide bonds. The number of hydrogen-bond donors (Lipinski definition) is 1. The molecule has 0 unspecified atom stereocenters. The van der Waals surface area contributed by atoms with E-state index in [9.17, 15) is 4.79 Å². The van der Waals surface area contributed by atoms with Gasteiger partial charge in [-0.05, 0) is 57.5 Å². The molecule has 0 aromatic carbocycles. The van der Waals surface area contributed by atoms with Gasteiger partial charge < -0.3 is 14.6 Å². The summed E-state index contributed by atoms with van der Waals surface area (Å²) in [6.07, 6.45) is 6.38. The van der Waals surface area contributed by atoms with Crippen LogP contribution in [0, 0.1) is 0 Å². The van der Waals surface area contributed by atoms with Crippen LogP contribution >= 0.6 is 12.4 Å². The lowest BCUT2D eigenvalue weighted by Crippen LogP contribution is -2.25. The average Bonchev–Trinajstić information content (AvgIpc) is 3.01. The van der Waals surface area contributed by atoms with Crippen molar-refractivity contribution in [1.82, 2.24) is 10.2 Å². The molecule has 1 aliphatic heterocycles. The summed E-state index contributed by atoms with van der Waals surface area (Å²) in [5.41, 5.74) is 0. The number of halogens is 1. The molecule has 2 rings (SSSR count). The van der Waals surface area contributed by atoms with Crippen molar-refractivity contribution in [3.8, 4) is 0 Å². The van der Waals surface area contributed by atoms with E-state index in [1.807, 2.05) is 0 Å². The molecule has 5 heteroatoms. The first kappa shape index (κ1) is 15.1. The Morgan fingerprint density at radius 3 is 2.78 bits per heavy atom. The molecule has 1 saturated heterocycles. The van der Waals surface area contributed by atoms with Crippen molar-refractivity contribution in [2.24, 2.45) is 0 Å². The van der Waals surface area contributed by atoms with Crippen molar-refractivity contribution in [2.75, 3.05) is 26.2 Å². The molecule has 4 nitrogen and oxygen atoms in total. The van der Waals surface area contributed by atoms with Gasteiger partial charge in [-0.3, -0.25) is 4.79 Å². The van der Waals surface area contributed by atoms with Crippen molar-refractivity contribution in [1.29, 1.82) is 0 Å². The van der Waals surface area contributed by atoms with E-state index in [-0.39, 0.29) is 18.3 Å². The fourth-order valence-corrected chi connectivity index (χ4v) is 2.16. The number of carbonyl (C=O) groups is 1. The Bertz CT molecular complexity index is 335. The Kier molecular flexibility index (Phi) is 6.83. The predicted octanol–water partition coefficient (Wildman–Crippen LogP) is 2.31. The third-order valence-electron chi connectivity index (χ3n) is 3.13. The van der Waals surface area contributed by atoms with Crippen LogP contribution in [0.25, 0.3) is 0 Å². The highest BCUT2D eigenvalue weighted by molar-refractivity contribution is 5.91. The molecular weight excluding hydrogens is 252 g/mol. The first-order valence-corrected chi connectivity index (χ1v) is 6.40. The number of hydrogen-bond acceptors (Lipinski definition) is 3. The number of likely N-dealkylation sites (tertiary alicyclic amines) is 1. The molecule has 1 aromatic heterocycles. The van der Waals surface area contributed by atoms with Crippen LogP contribution in [0.15, 0.2) is 22.8 Å². The van der Waals surface area contributed by atoms with Gasteiger partial charge in [-0.25, -0.2) is 0 Å². The molecule has 102 valence electrons. The predicted molar refractivity (Wildman–Crippen MR) is 73.2 cm³/mol. The van der Waals surface area contributed by atoms with Crippen LogP contribution in [0.3, 0.4) is 0 Å². The molecule has 1 aliphatic rings. The minimum atomic E-state index is -0.115. The van der Waals surface area contributed by atoms with Gasteiger partial charge in [0.2, 0.25) is 0 Å². The second-order valence-corrected chi connectivity index (χ2v) is 4.49. The molecule has 18 heavy (non-hydrogen) atoms. The highest BCUT2D eigenvalue weighted by Crippen LogP contribution is 2.08. The maximum Gasteiger partial charge on any atom is 0.286 e. The van der Waals surface area contributed by atoms with Gasteiger partial charge in [0, 0.05) is 6.54 Å². The van der Waals surface area contributed by atoms with Crippen molar-refractivity contribution >= 4 is 18.3 Å². The van der Waals surface area contributed by atoms with Crippen molar-refractivity contribution in [3.63, 3.8) is 0 Å². The number of rotatable bonds is 6. The van der Waals surface area contributed by atoms with Gasteiger partial charge in [0.25, 0.3) is 5.91 Å². The van der Waals surface area contributed by atoms with Crippen LogP contribution in [0.2, 0.25) is 0 Å². The van der Waals surface area contributed by atoms with Gasteiger partial charge in [-0.15, -0.1) is 12.4 Å². The second-order valence-electron chi connectivity index (χ2n) is 4.49. The number of carbonyl (C=O) groups excluding carboxylic acids is 1. The van der Waals surface area contributed by atoms with Crippen molar-refractivity contribution in [3.05, 3.63) is 24.2 Å². The Morgan fingerprint density at radius 2 is 2.11 bits per heavy atom. The van der Waals surface area contributed by atoms with Gasteiger partial charge in [-0.1, -0.05) is 0 Å². The smallest absolute Gasteiger partial charge is 0.286 e. The monoisotopic (exact) mass is 272 g/mol. The zero-order valence-corrected chi connectivity index (χ0v) is 11.4. The molecule has 2 heterocycles. The molecule has 0 spiro atoms. The second kappa shape index (κ2) is 8.16. The fraction of sp³-hybridized carbons (Fsp3) is 0.615. The minimum absolute atomic E-state index is 0. The lowest BCUT2D eigenvalue weighted by Gasteiger charge is -2.13. The van der Waals surface area contributed by atoms with E-state index in [1.165, 1.54) is 32.2 Å². The average molecular weight is 273 g/mol. The van der Waals surface area contributed by atoms with E-state index < -0.39 is 0 Å². The normalized spacial score (nSPS) is 15.3. The van der Waals surface area contributed by atoms with Gasteiger partial charge in [0.05, 0.1) is 6.26 Å². The SMILES string of the molecule is Cl.O=C(NCCCCN1CCCC1)c1ccco1. The number of unbranched alkanes of at least 4 members (excludes halogenated alkanes) is 1. The lowest BCUT2D eigenvalue weighted by molar-refractivity contribution is 0.0925. The number of amides is 1. The summed E-state index contributed by atoms with van der Waals surface area (Å²) in [5, 5.41) is 2.86. The summed E-state index contributed by atoms with van der Waals surface area (Å²) in [4.78, 5) is 14.0. The first-order valence-electron chi connectivity index (χ1n) is 6.40. The summed E-state index contributed by atoms with van der Waals surface area (Å²) in [5.74, 6) is 0.278. The molecular formula is C13H21ClN2O2. The van der Waals surface area contributed by atoms with Crippen LogP contribution < -0.4 is 5.32 Å². The van der Waals surface area contributed by atoms with Gasteiger partial charge >= 0.3 is 0 Å².